The SMILES string of the molecule is SCCOCCN1CCC(CN2CCCC2)CC1. The zero-order valence-electron chi connectivity index (χ0n) is 11.5. The van der Waals surface area contributed by atoms with Crippen LogP contribution >= 0.6 is 12.6 Å². The van der Waals surface area contributed by atoms with Crippen LogP contribution in [0.5, 0.6) is 0 Å². The second-order valence-corrected chi connectivity index (χ2v) is 6.08. The Morgan fingerprint density at radius 2 is 1.67 bits per heavy atom. The van der Waals surface area contributed by atoms with E-state index in [0.717, 1.165) is 31.4 Å². The normalized spacial score (nSPS) is 23.8. The number of ether oxygens (including phenoxy) is 1. The maximum absolute atomic E-state index is 5.49. The minimum atomic E-state index is 0.786. The van der Waals surface area contributed by atoms with Gasteiger partial charge in [-0.1, -0.05) is 0 Å². The highest BCUT2D eigenvalue weighted by molar-refractivity contribution is 7.80. The van der Waals surface area contributed by atoms with Crippen molar-refractivity contribution < 1.29 is 4.74 Å². The Kier molecular flexibility index (Phi) is 6.84. The molecule has 0 aromatic carbocycles. The number of piperidine rings is 1. The van der Waals surface area contributed by atoms with Crippen LogP contribution in [0.4, 0.5) is 0 Å². The van der Waals surface area contributed by atoms with E-state index in [1.165, 1.54) is 58.4 Å². The van der Waals surface area contributed by atoms with Crippen LogP contribution in [0.25, 0.3) is 0 Å². The fraction of sp³-hybridized carbons (Fsp3) is 1.00. The topological polar surface area (TPSA) is 15.7 Å². The third-order valence-electron chi connectivity index (χ3n) is 4.21. The first-order valence-corrected chi connectivity index (χ1v) is 8.15. The summed E-state index contributed by atoms with van der Waals surface area (Å²) in [6, 6.07) is 0. The van der Waals surface area contributed by atoms with Crippen LogP contribution in [0.1, 0.15) is 25.7 Å². The molecule has 0 bridgehead atoms. The summed E-state index contributed by atoms with van der Waals surface area (Å²) in [7, 11) is 0. The number of thiol groups is 1. The zero-order chi connectivity index (χ0) is 12.6. The van der Waals surface area contributed by atoms with E-state index in [1.807, 2.05) is 0 Å². The van der Waals surface area contributed by atoms with E-state index in [9.17, 15) is 0 Å². The minimum Gasteiger partial charge on any atom is -0.379 e. The summed E-state index contributed by atoms with van der Waals surface area (Å²) in [6.07, 6.45) is 5.59. The highest BCUT2D eigenvalue weighted by atomic mass is 32.1. The predicted molar refractivity (Wildman–Crippen MR) is 79.5 cm³/mol. The van der Waals surface area contributed by atoms with Crippen LogP contribution < -0.4 is 0 Å². The van der Waals surface area contributed by atoms with Crippen molar-refractivity contribution in [1.82, 2.24) is 9.80 Å². The Bertz CT molecular complexity index is 214. The lowest BCUT2D eigenvalue weighted by Crippen LogP contribution is -2.39. The molecule has 0 unspecified atom stereocenters. The maximum Gasteiger partial charge on any atom is 0.0593 e. The summed E-state index contributed by atoms with van der Waals surface area (Å²) >= 11 is 4.14. The first-order chi connectivity index (χ1) is 8.88. The molecule has 2 heterocycles. The highest BCUT2D eigenvalue weighted by Crippen LogP contribution is 2.20. The summed E-state index contributed by atoms with van der Waals surface area (Å²) < 4.78 is 5.49. The molecule has 2 fully saturated rings. The molecule has 2 aliphatic heterocycles. The second kappa shape index (κ2) is 8.41. The molecule has 0 amide bonds. The molecule has 0 N–H and O–H groups in total. The molecule has 4 heteroatoms. The van der Waals surface area contributed by atoms with E-state index in [1.54, 1.807) is 0 Å². The standard InChI is InChI=1S/C14H28N2OS/c18-12-11-17-10-9-15-7-3-14(4-8-15)13-16-5-1-2-6-16/h14,18H,1-13H2. The molecule has 0 radical (unpaired) electrons. The lowest BCUT2D eigenvalue weighted by atomic mass is 9.96. The maximum atomic E-state index is 5.49. The molecule has 2 aliphatic rings. The molecule has 0 saturated carbocycles. The molecule has 2 saturated heterocycles. The minimum absolute atomic E-state index is 0.786. The first kappa shape index (κ1) is 14.6. The summed E-state index contributed by atoms with van der Waals surface area (Å²) in [5, 5.41) is 0. The summed E-state index contributed by atoms with van der Waals surface area (Å²) in [5.41, 5.74) is 0. The van der Waals surface area contributed by atoms with Gasteiger partial charge >= 0.3 is 0 Å². The Morgan fingerprint density at radius 3 is 2.33 bits per heavy atom. The van der Waals surface area contributed by atoms with Gasteiger partial charge in [-0.3, -0.25) is 0 Å². The van der Waals surface area contributed by atoms with Gasteiger partial charge in [0.1, 0.15) is 0 Å². The van der Waals surface area contributed by atoms with Crippen molar-refractivity contribution in [2.75, 3.05) is 58.2 Å². The van der Waals surface area contributed by atoms with Crippen LogP contribution in [-0.4, -0.2) is 68.0 Å². The van der Waals surface area contributed by atoms with Gasteiger partial charge in [-0.2, -0.15) is 12.6 Å². The lowest BCUT2D eigenvalue weighted by molar-refractivity contribution is 0.0914. The van der Waals surface area contributed by atoms with Crippen LogP contribution in [0.2, 0.25) is 0 Å². The monoisotopic (exact) mass is 272 g/mol. The molecule has 106 valence electrons. The van der Waals surface area contributed by atoms with Crippen LogP contribution in [-0.2, 0) is 4.74 Å². The van der Waals surface area contributed by atoms with Crippen molar-refractivity contribution in [3.8, 4) is 0 Å². The van der Waals surface area contributed by atoms with Gasteiger partial charge in [0.15, 0.2) is 0 Å². The number of rotatable bonds is 7. The van der Waals surface area contributed by atoms with Crippen molar-refractivity contribution in [1.29, 1.82) is 0 Å². The Labute approximate surface area is 117 Å². The smallest absolute Gasteiger partial charge is 0.0593 e. The van der Waals surface area contributed by atoms with Crippen molar-refractivity contribution in [3.05, 3.63) is 0 Å². The number of hydrogen-bond acceptors (Lipinski definition) is 4. The Hall–Kier alpha value is 0.230. The highest BCUT2D eigenvalue weighted by Gasteiger charge is 2.22. The molecular formula is C14H28N2OS. The fourth-order valence-electron chi connectivity index (χ4n) is 3.08. The first-order valence-electron chi connectivity index (χ1n) is 7.52. The largest absolute Gasteiger partial charge is 0.379 e. The van der Waals surface area contributed by atoms with Crippen molar-refractivity contribution in [2.24, 2.45) is 5.92 Å². The van der Waals surface area contributed by atoms with E-state index >= 15 is 0 Å². The Balaban J connectivity index is 1.53. The molecular weight excluding hydrogens is 244 g/mol. The number of hydrogen-bond donors (Lipinski definition) is 1. The summed E-state index contributed by atoms with van der Waals surface area (Å²) in [5.74, 6) is 1.77. The average molecular weight is 272 g/mol. The molecule has 3 nitrogen and oxygen atoms in total. The van der Waals surface area contributed by atoms with E-state index in [-0.39, 0.29) is 0 Å². The molecule has 2 rings (SSSR count). The van der Waals surface area contributed by atoms with Crippen molar-refractivity contribution >= 4 is 12.6 Å². The average Bonchev–Trinajstić information content (AvgIpc) is 2.89. The quantitative estimate of drug-likeness (QED) is 0.561. The third-order valence-corrected chi connectivity index (χ3v) is 4.39. The van der Waals surface area contributed by atoms with E-state index in [0.29, 0.717) is 0 Å². The molecule has 0 atom stereocenters. The van der Waals surface area contributed by atoms with Crippen LogP contribution in [0.3, 0.4) is 0 Å². The summed E-state index contributed by atoms with van der Waals surface area (Å²) in [4.78, 5) is 5.22. The molecule has 18 heavy (non-hydrogen) atoms. The third kappa shape index (κ3) is 5.08. The predicted octanol–water partition coefficient (Wildman–Crippen LogP) is 1.74. The van der Waals surface area contributed by atoms with E-state index in [4.69, 9.17) is 4.74 Å². The van der Waals surface area contributed by atoms with Gasteiger partial charge in [-0.05, 0) is 57.8 Å². The van der Waals surface area contributed by atoms with E-state index < -0.39 is 0 Å². The number of likely N-dealkylation sites (tertiary alicyclic amines) is 2. The second-order valence-electron chi connectivity index (χ2n) is 5.63. The molecule has 0 spiro atoms. The van der Waals surface area contributed by atoms with Gasteiger partial charge in [0.2, 0.25) is 0 Å². The van der Waals surface area contributed by atoms with Crippen LogP contribution in [0.15, 0.2) is 0 Å². The number of nitrogens with zero attached hydrogens (tertiary/aromatic N) is 2. The van der Waals surface area contributed by atoms with Gasteiger partial charge in [0.25, 0.3) is 0 Å². The van der Waals surface area contributed by atoms with Gasteiger partial charge in [-0.15, -0.1) is 0 Å². The molecule has 0 aromatic heterocycles. The van der Waals surface area contributed by atoms with Crippen LogP contribution in [0, 0.1) is 5.92 Å². The van der Waals surface area contributed by atoms with E-state index in [2.05, 4.69) is 22.4 Å². The fourth-order valence-corrected chi connectivity index (χ4v) is 3.21. The van der Waals surface area contributed by atoms with Gasteiger partial charge in [0.05, 0.1) is 13.2 Å². The lowest BCUT2D eigenvalue weighted by Gasteiger charge is -2.33. The molecule has 0 aromatic rings. The Morgan fingerprint density at radius 1 is 0.944 bits per heavy atom. The van der Waals surface area contributed by atoms with Gasteiger partial charge < -0.3 is 14.5 Å². The van der Waals surface area contributed by atoms with Crippen molar-refractivity contribution in [2.45, 2.75) is 25.7 Å². The van der Waals surface area contributed by atoms with Gasteiger partial charge in [-0.25, -0.2) is 0 Å². The summed E-state index contributed by atoms with van der Waals surface area (Å²) in [6.45, 7) is 9.33. The molecule has 0 aliphatic carbocycles. The van der Waals surface area contributed by atoms with Gasteiger partial charge in [0, 0.05) is 18.8 Å². The van der Waals surface area contributed by atoms with Crippen molar-refractivity contribution in [3.63, 3.8) is 0 Å². The zero-order valence-corrected chi connectivity index (χ0v) is 12.4.